The highest BCUT2D eigenvalue weighted by Gasteiger charge is 2.24. The molecule has 9 aromatic rings. The van der Waals surface area contributed by atoms with Gasteiger partial charge in [-0.15, -0.1) is 11.3 Å². The van der Waals surface area contributed by atoms with Crippen LogP contribution in [0.1, 0.15) is 71.5 Å². The molecular formula is C53H48F3N9O4S. The number of alkyl halides is 2. The normalized spacial score (nSPS) is 12.0. The number of halogens is 3. The van der Waals surface area contributed by atoms with Crippen LogP contribution in [-0.2, 0) is 42.1 Å². The number of thiazole rings is 1. The minimum atomic E-state index is -3.31. The van der Waals surface area contributed by atoms with Crippen LogP contribution in [0.5, 0.6) is 11.5 Å². The van der Waals surface area contributed by atoms with Crippen molar-refractivity contribution in [1.82, 2.24) is 39.4 Å². The van der Waals surface area contributed by atoms with Crippen LogP contribution < -0.4 is 20.1 Å². The van der Waals surface area contributed by atoms with Crippen molar-refractivity contribution in [2.45, 2.75) is 78.3 Å². The van der Waals surface area contributed by atoms with Gasteiger partial charge in [0.15, 0.2) is 16.4 Å². The summed E-state index contributed by atoms with van der Waals surface area (Å²) >= 11 is 1.40. The van der Waals surface area contributed by atoms with Crippen molar-refractivity contribution in [3.8, 4) is 22.6 Å². The van der Waals surface area contributed by atoms with Crippen molar-refractivity contribution in [3.63, 3.8) is 0 Å². The number of ether oxygens (including phenoxy) is 2. The Kier molecular flexibility index (Phi) is 14.0. The summed E-state index contributed by atoms with van der Waals surface area (Å²) in [7, 11) is 0. The van der Waals surface area contributed by atoms with Crippen molar-refractivity contribution in [3.05, 3.63) is 178 Å². The van der Waals surface area contributed by atoms with Gasteiger partial charge in [0.05, 0.1) is 19.1 Å². The molecule has 13 nitrogen and oxygen atoms in total. The molecule has 0 aliphatic carbocycles. The number of benzene rings is 4. The van der Waals surface area contributed by atoms with Gasteiger partial charge in [0, 0.05) is 61.6 Å². The lowest BCUT2D eigenvalue weighted by molar-refractivity contribution is -0.159. The molecule has 5 aromatic heterocycles. The van der Waals surface area contributed by atoms with Crippen LogP contribution in [0.3, 0.4) is 0 Å². The van der Waals surface area contributed by atoms with Crippen LogP contribution in [0.4, 0.5) is 18.3 Å². The minimum Gasteiger partial charge on any atom is -0.489 e. The number of aryl methyl sites for hydroxylation is 3. The second kappa shape index (κ2) is 20.7. The van der Waals surface area contributed by atoms with Crippen molar-refractivity contribution >= 4 is 50.6 Å². The molecule has 0 saturated heterocycles. The van der Waals surface area contributed by atoms with E-state index in [1.165, 1.54) is 35.6 Å². The lowest BCUT2D eigenvalue weighted by Gasteiger charge is -2.15. The van der Waals surface area contributed by atoms with E-state index in [0.717, 1.165) is 55.2 Å². The quantitative estimate of drug-likeness (QED) is 0.0807. The summed E-state index contributed by atoms with van der Waals surface area (Å²) in [6, 6.07) is 33.8. The topological polar surface area (TPSA) is 151 Å². The number of anilines is 1. The number of nitrogens with zero attached hydrogens (tertiary/aromatic N) is 7. The largest absolute Gasteiger partial charge is 0.489 e. The number of rotatable bonds is 19. The summed E-state index contributed by atoms with van der Waals surface area (Å²) < 4.78 is 55.6. The number of pyridine rings is 2. The maximum Gasteiger partial charge on any atom is 0.394 e. The molecule has 17 heteroatoms. The highest BCUT2D eigenvalue weighted by atomic mass is 32.1. The molecule has 0 bridgehead atoms. The first-order valence-electron chi connectivity index (χ1n) is 22.7. The van der Waals surface area contributed by atoms with Gasteiger partial charge in [-0.25, -0.2) is 29.3 Å². The van der Waals surface area contributed by atoms with Gasteiger partial charge in [-0.1, -0.05) is 54.6 Å². The summed E-state index contributed by atoms with van der Waals surface area (Å²) in [5.74, 6) is 1.44. The number of aromatic nitrogens is 7. The van der Waals surface area contributed by atoms with Crippen molar-refractivity contribution < 1.29 is 32.2 Å². The Morgan fingerprint density at radius 2 is 1.41 bits per heavy atom. The Labute approximate surface area is 405 Å². The van der Waals surface area contributed by atoms with Crippen molar-refractivity contribution in [1.29, 1.82) is 0 Å². The third-order valence-corrected chi connectivity index (χ3v) is 12.4. The van der Waals surface area contributed by atoms with Gasteiger partial charge in [0.25, 0.3) is 0 Å². The average Bonchev–Trinajstić information content (AvgIpc) is 4.04. The zero-order valence-corrected chi connectivity index (χ0v) is 39.4. The molecule has 1 atom stereocenters. The Morgan fingerprint density at radius 3 is 2.11 bits per heavy atom. The number of hydrogen-bond acceptors (Lipinski definition) is 10. The van der Waals surface area contributed by atoms with Crippen LogP contribution in [0.2, 0.25) is 0 Å². The summed E-state index contributed by atoms with van der Waals surface area (Å²) in [4.78, 5) is 50.5. The fraction of sp³-hybridized carbons (Fsp3) is 0.226. The third kappa shape index (κ3) is 11.7. The standard InChI is InChI=1S/C53H48F3N9O4S/c1-33-29-59-52(70-33)63-48(67)24-22-46-62-49-43(25-27-58-51(49)65(46)31-36-11-19-42(20-12-36)69-53(3,55)56)39-7-4-6-37(28-39)32-68-41-17-9-35(10-18-41)30-64-45(61-44-8-5-26-57-50(44)64)21-23-47(66)60-34(2)38-13-15-40(54)16-14-38/h4-20,25-29,34H,21-24,30-32H2,1-3H3,(H,60,66)(H,59,63,67)/t34-/m0/s1. The maximum atomic E-state index is 13.6. The second-order valence-electron chi connectivity index (χ2n) is 17.0. The smallest absolute Gasteiger partial charge is 0.394 e. The van der Waals surface area contributed by atoms with Gasteiger partial charge < -0.3 is 29.2 Å². The molecule has 2 amide bonds. The first-order chi connectivity index (χ1) is 33.8. The molecule has 70 heavy (non-hydrogen) atoms. The highest BCUT2D eigenvalue weighted by Crippen LogP contribution is 2.31. The van der Waals surface area contributed by atoms with E-state index in [0.29, 0.717) is 67.3 Å². The van der Waals surface area contributed by atoms with Crippen LogP contribution >= 0.6 is 11.3 Å². The van der Waals surface area contributed by atoms with Gasteiger partial charge in [-0.2, -0.15) is 8.78 Å². The SMILES string of the molecule is Cc1cnc(NC(=O)CCc2nc3c(-c4cccc(COc5ccc(Cn6c(CCC(=O)N[C@@H](C)c7ccc(F)cc7)nc7cccnc76)cc5)c4)ccnc3n2Cc2ccc(OC(C)(F)F)cc2)s1. The van der Waals surface area contributed by atoms with E-state index in [1.54, 1.807) is 42.9 Å². The zero-order chi connectivity index (χ0) is 48.8. The molecule has 0 aliphatic rings. The fourth-order valence-corrected chi connectivity index (χ4v) is 8.81. The minimum absolute atomic E-state index is 0.0431. The van der Waals surface area contributed by atoms with E-state index in [2.05, 4.69) is 26.7 Å². The van der Waals surface area contributed by atoms with E-state index < -0.39 is 6.11 Å². The summed E-state index contributed by atoms with van der Waals surface area (Å²) in [6.07, 6.45) is 2.91. The summed E-state index contributed by atoms with van der Waals surface area (Å²) in [6.45, 7) is 5.58. The summed E-state index contributed by atoms with van der Waals surface area (Å²) in [5.41, 5.74) is 8.01. The Morgan fingerprint density at radius 1 is 0.743 bits per heavy atom. The molecule has 5 heterocycles. The molecule has 0 radical (unpaired) electrons. The fourth-order valence-electron chi connectivity index (χ4n) is 8.13. The number of nitrogens with one attached hydrogen (secondary N) is 2. The first kappa shape index (κ1) is 47.2. The van der Waals surface area contributed by atoms with Crippen LogP contribution in [0.15, 0.2) is 134 Å². The van der Waals surface area contributed by atoms with E-state index in [4.69, 9.17) is 24.4 Å². The number of imidazole rings is 2. The number of carbonyl (C=O) groups is 2. The van der Waals surface area contributed by atoms with E-state index in [9.17, 15) is 22.8 Å². The zero-order valence-electron chi connectivity index (χ0n) is 38.5. The Bertz CT molecular complexity index is 3280. The molecule has 9 rings (SSSR count). The predicted molar refractivity (Wildman–Crippen MR) is 262 cm³/mol. The maximum absolute atomic E-state index is 13.6. The van der Waals surface area contributed by atoms with Crippen LogP contribution in [0, 0.1) is 12.7 Å². The number of fused-ring (bicyclic) bond motifs is 2. The third-order valence-electron chi connectivity index (χ3n) is 11.5. The molecule has 0 aliphatic heterocycles. The van der Waals surface area contributed by atoms with Crippen molar-refractivity contribution in [2.24, 2.45) is 0 Å². The second-order valence-corrected chi connectivity index (χ2v) is 18.2. The van der Waals surface area contributed by atoms with Gasteiger partial charge in [-0.3, -0.25) is 9.59 Å². The molecule has 2 N–H and O–H groups in total. The van der Waals surface area contributed by atoms with Gasteiger partial charge in [0.2, 0.25) is 11.8 Å². The highest BCUT2D eigenvalue weighted by molar-refractivity contribution is 7.15. The lowest BCUT2D eigenvalue weighted by Crippen LogP contribution is -2.27. The van der Waals surface area contributed by atoms with Crippen LogP contribution in [-0.4, -0.2) is 52.0 Å². The molecular weight excluding hydrogens is 916 g/mol. The Balaban J connectivity index is 0.884. The van der Waals surface area contributed by atoms with Gasteiger partial charge in [0.1, 0.15) is 46.6 Å². The summed E-state index contributed by atoms with van der Waals surface area (Å²) in [5, 5.41) is 6.40. The van der Waals surface area contributed by atoms with Crippen molar-refractivity contribution in [2.75, 3.05) is 5.32 Å². The molecule has 4 aromatic carbocycles. The van der Waals surface area contributed by atoms with Gasteiger partial charge in [-0.05, 0) is 102 Å². The Hall–Kier alpha value is -7.92. The molecule has 356 valence electrons. The monoisotopic (exact) mass is 963 g/mol. The molecule has 0 fully saturated rings. The number of hydrogen-bond donors (Lipinski definition) is 2. The molecule has 0 unspecified atom stereocenters. The lowest BCUT2D eigenvalue weighted by atomic mass is 10.0. The molecule has 0 spiro atoms. The number of carbonyl (C=O) groups excluding carboxylic acids is 2. The van der Waals surface area contributed by atoms with Gasteiger partial charge >= 0.3 is 6.11 Å². The first-order valence-corrected chi connectivity index (χ1v) is 23.5. The van der Waals surface area contributed by atoms with E-state index >= 15 is 0 Å². The van der Waals surface area contributed by atoms with E-state index in [1.807, 2.05) is 83.6 Å². The average molecular weight is 964 g/mol. The van der Waals surface area contributed by atoms with Crippen LogP contribution in [0.25, 0.3) is 33.5 Å². The number of amides is 2. The van der Waals surface area contributed by atoms with E-state index in [-0.39, 0.29) is 42.3 Å². The molecule has 0 saturated carbocycles. The predicted octanol–water partition coefficient (Wildman–Crippen LogP) is 10.8.